The van der Waals surface area contributed by atoms with Crippen LogP contribution in [0.15, 0.2) is 84.9 Å². The van der Waals surface area contributed by atoms with Gasteiger partial charge in [0.05, 0.1) is 18.6 Å². The number of hydrogen-bond acceptors (Lipinski definition) is 3. The molecule has 1 fully saturated rings. The quantitative estimate of drug-likeness (QED) is 0.602. The lowest BCUT2D eigenvalue weighted by atomic mass is 9.96. The van der Waals surface area contributed by atoms with Crippen LogP contribution in [0.25, 0.3) is 0 Å². The summed E-state index contributed by atoms with van der Waals surface area (Å²) in [7, 11) is 0. The first-order valence-corrected chi connectivity index (χ1v) is 11.2. The van der Waals surface area contributed by atoms with Crippen LogP contribution in [0.3, 0.4) is 0 Å². The van der Waals surface area contributed by atoms with E-state index in [4.69, 9.17) is 0 Å². The normalized spacial score (nSPS) is 16.1. The molecule has 0 bridgehead atoms. The molecule has 1 N–H and O–H groups in total. The highest BCUT2D eigenvalue weighted by atomic mass is 19.1. The third kappa shape index (κ3) is 5.61. The predicted molar refractivity (Wildman–Crippen MR) is 126 cm³/mol. The zero-order chi connectivity index (χ0) is 22.3. The van der Waals surface area contributed by atoms with Crippen LogP contribution in [0.4, 0.5) is 4.39 Å². The second-order valence-corrected chi connectivity index (χ2v) is 8.38. The Bertz CT molecular complexity index is 947. The summed E-state index contributed by atoms with van der Waals surface area (Å²) in [6.07, 6.45) is 0. The average molecular weight is 432 g/mol. The van der Waals surface area contributed by atoms with E-state index in [1.165, 1.54) is 23.3 Å². The molecule has 0 aliphatic carbocycles. The fourth-order valence-electron chi connectivity index (χ4n) is 4.39. The number of nitrogens with one attached hydrogen (secondary N) is 1. The first-order chi connectivity index (χ1) is 15.6. The van der Waals surface area contributed by atoms with Crippen molar-refractivity contribution >= 4 is 5.91 Å². The van der Waals surface area contributed by atoms with Gasteiger partial charge in [-0.25, -0.2) is 4.39 Å². The van der Waals surface area contributed by atoms with E-state index < -0.39 is 0 Å². The number of carbonyl (C=O) groups is 1. The number of amides is 1. The summed E-state index contributed by atoms with van der Waals surface area (Å²) < 4.78 is 13.1. The van der Waals surface area contributed by atoms with Crippen molar-refractivity contribution in [3.63, 3.8) is 0 Å². The summed E-state index contributed by atoms with van der Waals surface area (Å²) in [5.41, 5.74) is 3.48. The van der Waals surface area contributed by atoms with Gasteiger partial charge in [-0.15, -0.1) is 0 Å². The van der Waals surface area contributed by atoms with Crippen LogP contribution >= 0.6 is 0 Å². The third-order valence-corrected chi connectivity index (χ3v) is 6.12. The SMILES string of the molecule is C[C@H](NC(=O)CN1CCN(C(c2ccccc2)c2ccccc2)CC1)c1ccc(F)cc1. The third-order valence-electron chi connectivity index (χ3n) is 6.12. The van der Waals surface area contributed by atoms with E-state index >= 15 is 0 Å². The highest BCUT2D eigenvalue weighted by molar-refractivity contribution is 5.78. The fraction of sp³-hybridized carbons (Fsp3) is 0.296. The molecule has 0 spiro atoms. The standard InChI is InChI=1S/C27H30FN3O/c1-21(22-12-14-25(28)15-13-22)29-26(32)20-30-16-18-31(19-17-30)27(23-8-4-2-5-9-23)24-10-6-3-7-11-24/h2-15,21,27H,16-20H2,1H3,(H,29,32)/t21-/m0/s1. The van der Waals surface area contributed by atoms with Crippen molar-refractivity contribution in [2.24, 2.45) is 0 Å². The number of halogens is 1. The molecule has 32 heavy (non-hydrogen) atoms. The summed E-state index contributed by atoms with van der Waals surface area (Å²) in [5, 5.41) is 3.03. The molecule has 0 aromatic heterocycles. The van der Waals surface area contributed by atoms with Crippen LogP contribution in [0.1, 0.15) is 35.7 Å². The van der Waals surface area contributed by atoms with E-state index in [0.717, 1.165) is 31.7 Å². The molecule has 0 unspecified atom stereocenters. The number of benzene rings is 3. The Morgan fingerprint density at radius 2 is 1.34 bits per heavy atom. The maximum atomic E-state index is 13.1. The van der Waals surface area contributed by atoms with Crippen molar-refractivity contribution in [3.05, 3.63) is 107 Å². The van der Waals surface area contributed by atoms with E-state index in [9.17, 15) is 9.18 Å². The number of piperazine rings is 1. The number of carbonyl (C=O) groups excluding carboxylic acids is 1. The Balaban J connectivity index is 1.34. The van der Waals surface area contributed by atoms with E-state index in [1.807, 2.05) is 6.92 Å². The Morgan fingerprint density at radius 3 is 1.88 bits per heavy atom. The Morgan fingerprint density at radius 1 is 0.812 bits per heavy atom. The van der Waals surface area contributed by atoms with Crippen LogP contribution in [0, 0.1) is 5.82 Å². The molecule has 1 aliphatic rings. The predicted octanol–water partition coefficient (Wildman–Crippen LogP) is 4.41. The van der Waals surface area contributed by atoms with Crippen molar-refractivity contribution < 1.29 is 9.18 Å². The second kappa shape index (κ2) is 10.5. The van der Waals surface area contributed by atoms with Gasteiger partial charge in [0, 0.05) is 26.2 Å². The molecule has 3 aromatic rings. The topological polar surface area (TPSA) is 35.6 Å². The van der Waals surface area contributed by atoms with Gasteiger partial charge in [0.2, 0.25) is 5.91 Å². The molecule has 0 saturated carbocycles. The number of nitrogens with zero attached hydrogens (tertiary/aromatic N) is 2. The zero-order valence-corrected chi connectivity index (χ0v) is 18.5. The summed E-state index contributed by atoms with van der Waals surface area (Å²) in [6, 6.07) is 27.6. The maximum Gasteiger partial charge on any atom is 0.234 e. The first kappa shape index (κ1) is 22.2. The summed E-state index contributed by atoms with van der Waals surface area (Å²) in [6.45, 7) is 5.78. The van der Waals surface area contributed by atoms with Crippen molar-refractivity contribution in [3.8, 4) is 0 Å². The average Bonchev–Trinajstić information content (AvgIpc) is 2.82. The largest absolute Gasteiger partial charge is 0.348 e. The monoisotopic (exact) mass is 431 g/mol. The van der Waals surface area contributed by atoms with Gasteiger partial charge in [-0.2, -0.15) is 0 Å². The molecule has 1 amide bonds. The minimum atomic E-state index is -0.269. The zero-order valence-electron chi connectivity index (χ0n) is 18.5. The molecule has 1 saturated heterocycles. The Labute approximate surface area is 189 Å². The molecule has 0 radical (unpaired) electrons. The van der Waals surface area contributed by atoms with Gasteiger partial charge in [0.15, 0.2) is 0 Å². The van der Waals surface area contributed by atoms with Gasteiger partial charge in [-0.3, -0.25) is 14.6 Å². The Kier molecular flexibility index (Phi) is 7.30. The van der Waals surface area contributed by atoms with E-state index in [0.29, 0.717) is 6.54 Å². The van der Waals surface area contributed by atoms with Crippen LogP contribution in [-0.4, -0.2) is 48.4 Å². The van der Waals surface area contributed by atoms with Crippen molar-refractivity contribution in [2.45, 2.75) is 19.0 Å². The highest BCUT2D eigenvalue weighted by Crippen LogP contribution is 2.29. The molecule has 1 aliphatic heterocycles. The molecular weight excluding hydrogens is 401 g/mol. The lowest BCUT2D eigenvalue weighted by molar-refractivity contribution is -0.123. The molecule has 5 heteroatoms. The van der Waals surface area contributed by atoms with E-state index in [-0.39, 0.29) is 23.8 Å². The molecule has 4 nitrogen and oxygen atoms in total. The number of rotatable bonds is 7. The van der Waals surface area contributed by atoms with Crippen molar-refractivity contribution in [1.82, 2.24) is 15.1 Å². The molecule has 4 rings (SSSR count). The van der Waals surface area contributed by atoms with Gasteiger partial charge in [0.25, 0.3) is 0 Å². The van der Waals surface area contributed by atoms with Gasteiger partial charge >= 0.3 is 0 Å². The van der Waals surface area contributed by atoms with Crippen LogP contribution in [-0.2, 0) is 4.79 Å². The molecule has 166 valence electrons. The first-order valence-electron chi connectivity index (χ1n) is 11.2. The lowest BCUT2D eigenvalue weighted by Crippen LogP contribution is -2.50. The fourth-order valence-corrected chi connectivity index (χ4v) is 4.39. The summed E-state index contributed by atoms with van der Waals surface area (Å²) >= 11 is 0. The highest BCUT2D eigenvalue weighted by Gasteiger charge is 2.27. The molecule has 3 aromatic carbocycles. The summed E-state index contributed by atoms with van der Waals surface area (Å²) in [4.78, 5) is 17.3. The summed E-state index contributed by atoms with van der Waals surface area (Å²) in [5.74, 6) is -0.271. The molecule has 1 heterocycles. The smallest absolute Gasteiger partial charge is 0.234 e. The maximum absolute atomic E-state index is 13.1. The van der Waals surface area contributed by atoms with E-state index in [1.54, 1.807) is 12.1 Å². The van der Waals surface area contributed by atoms with Crippen molar-refractivity contribution in [1.29, 1.82) is 0 Å². The van der Waals surface area contributed by atoms with Crippen LogP contribution < -0.4 is 5.32 Å². The van der Waals surface area contributed by atoms with Gasteiger partial charge in [0.1, 0.15) is 5.82 Å². The van der Waals surface area contributed by atoms with Gasteiger partial charge in [-0.1, -0.05) is 72.8 Å². The molecule has 1 atom stereocenters. The van der Waals surface area contributed by atoms with E-state index in [2.05, 4.69) is 75.8 Å². The minimum absolute atomic E-state index is 0.00190. The van der Waals surface area contributed by atoms with Crippen LogP contribution in [0.2, 0.25) is 0 Å². The van der Waals surface area contributed by atoms with Gasteiger partial charge < -0.3 is 5.32 Å². The van der Waals surface area contributed by atoms with Gasteiger partial charge in [-0.05, 0) is 35.7 Å². The minimum Gasteiger partial charge on any atom is -0.348 e. The lowest BCUT2D eigenvalue weighted by Gasteiger charge is -2.39. The Hall–Kier alpha value is -3.02. The van der Waals surface area contributed by atoms with Crippen molar-refractivity contribution in [2.75, 3.05) is 32.7 Å². The second-order valence-electron chi connectivity index (χ2n) is 8.38. The number of hydrogen-bond donors (Lipinski definition) is 1. The van der Waals surface area contributed by atoms with Crippen LogP contribution in [0.5, 0.6) is 0 Å². The molecular formula is C27H30FN3O.